The summed E-state index contributed by atoms with van der Waals surface area (Å²) in [5.74, 6) is 0. The molecule has 0 saturated carbocycles. The van der Waals surface area contributed by atoms with E-state index in [0.29, 0.717) is 0 Å². The molecule has 0 saturated heterocycles. The number of benzene rings is 2. The SMILES string of the molecule is Clc1ccc2[nH]ccc2c1.Clc1ccc2cc[nH]c2c1. The van der Waals surface area contributed by atoms with Crippen molar-refractivity contribution >= 4 is 45.0 Å². The Morgan fingerprint density at radius 2 is 1.25 bits per heavy atom. The van der Waals surface area contributed by atoms with Crippen molar-refractivity contribution in [1.29, 1.82) is 0 Å². The Balaban J connectivity index is 0.000000121. The second-order valence-electron chi connectivity index (χ2n) is 4.42. The lowest BCUT2D eigenvalue weighted by molar-refractivity contribution is 1.48. The summed E-state index contributed by atoms with van der Waals surface area (Å²) in [5, 5.41) is 3.92. The van der Waals surface area contributed by atoms with Gasteiger partial charge in [-0.25, -0.2) is 0 Å². The largest absolute Gasteiger partial charge is 0.361 e. The van der Waals surface area contributed by atoms with Crippen molar-refractivity contribution < 1.29 is 0 Å². The van der Waals surface area contributed by atoms with Crippen LogP contribution in [0.25, 0.3) is 21.8 Å². The van der Waals surface area contributed by atoms with Crippen LogP contribution >= 0.6 is 23.2 Å². The summed E-state index contributed by atoms with van der Waals surface area (Å²) in [6, 6.07) is 15.6. The second kappa shape index (κ2) is 5.61. The quantitative estimate of drug-likeness (QED) is 0.421. The van der Waals surface area contributed by atoms with E-state index in [0.717, 1.165) is 26.5 Å². The summed E-state index contributed by atoms with van der Waals surface area (Å²) in [6.45, 7) is 0. The van der Waals surface area contributed by atoms with Crippen LogP contribution in [0.3, 0.4) is 0 Å². The van der Waals surface area contributed by atoms with Crippen molar-refractivity contribution in [3.05, 3.63) is 71.0 Å². The highest BCUT2D eigenvalue weighted by Crippen LogP contribution is 2.17. The second-order valence-corrected chi connectivity index (χ2v) is 5.29. The smallest absolute Gasteiger partial charge is 0.0468 e. The number of H-pyrrole nitrogens is 2. The van der Waals surface area contributed by atoms with Gasteiger partial charge in [0.25, 0.3) is 0 Å². The van der Waals surface area contributed by atoms with Gasteiger partial charge in [0.1, 0.15) is 0 Å². The lowest BCUT2D eigenvalue weighted by atomic mass is 10.2. The molecule has 0 aliphatic carbocycles. The van der Waals surface area contributed by atoms with Gasteiger partial charge in [0.2, 0.25) is 0 Å². The number of hydrogen-bond donors (Lipinski definition) is 2. The molecule has 0 unspecified atom stereocenters. The average molecular weight is 303 g/mol. The van der Waals surface area contributed by atoms with E-state index in [-0.39, 0.29) is 0 Å². The van der Waals surface area contributed by atoms with Gasteiger partial charge in [0.05, 0.1) is 0 Å². The van der Waals surface area contributed by atoms with Crippen LogP contribution < -0.4 is 0 Å². The molecule has 0 aliphatic heterocycles. The number of rotatable bonds is 0. The van der Waals surface area contributed by atoms with E-state index in [1.807, 2.05) is 60.9 Å². The lowest BCUT2D eigenvalue weighted by Crippen LogP contribution is -1.65. The maximum atomic E-state index is 5.76. The summed E-state index contributed by atoms with van der Waals surface area (Å²) < 4.78 is 0. The first-order valence-electron chi connectivity index (χ1n) is 6.18. The Labute approximate surface area is 126 Å². The highest BCUT2D eigenvalue weighted by Gasteiger charge is 1.93. The third-order valence-electron chi connectivity index (χ3n) is 3.03. The first-order chi connectivity index (χ1) is 9.72. The zero-order valence-electron chi connectivity index (χ0n) is 10.5. The fourth-order valence-corrected chi connectivity index (χ4v) is 2.40. The Morgan fingerprint density at radius 3 is 2.10 bits per heavy atom. The molecule has 0 bridgehead atoms. The van der Waals surface area contributed by atoms with Gasteiger partial charge >= 0.3 is 0 Å². The van der Waals surface area contributed by atoms with Crippen molar-refractivity contribution in [2.45, 2.75) is 0 Å². The number of halogens is 2. The van der Waals surface area contributed by atoms with Gasteiger partial charge in [-0.3, -0.25) is 0 Å². The molecule has 2 heterocycles. The minimum atomic E-state index is 0.773. The van der Waals surface area contributed by atoms with Crippen LogP contribution in [0.15, 0.2) is 60.9 Å². The molecule has 0 atom stereocenters. The van der Waals surface area contributed by atoms with Gasteiger partial charge in [-0.15, -0.1) is 0 Å². The molecular weight excluding hydrogens is 291 g/mol. The fraction of sp³-hybridized carbons (Fsp3) is 0. The van der Waals surface area contributed by atoms with Gasteiger partial charge in [0.15, 0.2) is 0 Å². The lowest BCUT2D eigenvalue weighted by Gasteiger charge is -1.88. The number of nitrogens with one attached hydrogen (secondary N) is 2. The first kappa shape index (κ1) is 13.1. The number of aromatic amines is 2. The van der Waals surface area contributed by atoms with E-state index in [4.69, 9.17) is 23.2 Å². The van der Waals surface area contributed by atoms with Crippen LogP contribution in [0.1, 0.15) is 0 Å². The number of aromatic nitrogens is 2. The van der Waals surface area contributed by atoms with Crippen LogP contribution in [0.4, 0.5) is 0 Å². The third-order valence-corrected chi connectivity index (χ3v) is 3.50. The van der Waals surface area contributed by atoms with E-state index in [1.54, 1.807) is 0 Å². The van der Waals surface area contributed by atoms with Crippen molar-refractivity contribution in [3.63, 3.8) is 0 Å². The van der Waals surface area contributed by atoms with Gasteiger partial charge in [0, 0.05) is 38.9 Å². The van der Waals surface area contributed by atoms with Gasteiger partial charge in [-0.1, -0.05) is 29.3 Å². The number of hydrogen-bond acceptors (Lipinski definition) is 0. The topological polar surface area (TPSA) is 31.6 Å². The Morgan fingerprint density at radius 1 is 0.600 bits per heavy atom. The molecule has 20 heavy (non-hydrogen) atoms. The summed E-state index contributed by atoms with van der Waals surface area (Å²) >= 11 is 11.5. The van der Waals surface area contributed by atoms with E-state index in [2.05, 4.69) is 9.97 Å². The van der Waals surface area contributed by atoms with Crippen LogP contribution in [0.5, 0.6) is 0 Å². The molecular formula is C16H12Cl2N2. The molecule has 4 heteroatoms. The summed E-state index contributed by atoms with van der Waals surface area (Å²) in [7, 11) is 0. The molecule has 0 radical (unpaired) electrons. The van der Waals surface area contributed by atoms with E-state index < -0.39 is 0 Å². The maximum absolute atomic E-state index is 5.76. The van der Waals surface area contributed by atoms with Crippen molar-refractivity contribution in [2.24, 2.45) is 0 Å². The van der Waals surface area contributed by atoms with E-state index >= 15 is 0 Å². The standard InChI is InChI=1S/2C8H6ClN/c9-7-1-2-8-6(5-7)3-4-10-8;9-7-2-1-6-3-4-10-8(6)5-7/h2*1-5,10H. The van der Waals surface area contributed by atoms with Crippen molar-refractivity contribution in [1.82, 2.24) is 9.97 Å². The number of fused-ring (bicyclic) bond motifs is 2. The summed E-state index contributed by atoms with van der Waals surface area (Å²) in [5.41, 5.74) is 2.22. The zero-order chi connectivity index (χ0) is 13.9. The van der Waals surface area contributed by atoms with Crippen molar-refractivity contribution in [3.8, 4) is 0 Å². The normalized spacial score (nSPS) is 10.5. The van der Waals surface area contributed by atoms with Crippen LogP contribution in [-0.2, 0) is 0 Å². The Kier molecular flexibility index (Phi) is 3.68. The minimum absolute atomic E-state index is 0.773. The molecule has 0 fully saturated rings. The monoisotopic (exact) mass is 302 g/mol. The predicted octanol–water partition coefficient (Wildman–Crippen LogP) is 5.64. The molecule has 4 aromatic rings. The van der Waals surface area contributed by atoms with Crippen LogP contribution in [-0.4, -0.2) is 9.97 Å². The molecule has 2 nitrogen and oxygen atoms in total. The van der Waals surface area contributed by atoms with Gasteiger partial charge in [-0.05, 0) is 47.9 Å². The molecule has 2 aromatic carbocycles. The molecule has 2 aromatic heterocycles. The van der Waals surface area contributed by atoms with Gasteiger partial charge < -0.3 is 9.97 Å². The third kappa shape index (κ3) is 2.82. The van der Waals surface area contributed by atoms with Crippen molar-refractivity contribution in [2.75, 3.05) is 0 Å². The van der Waals surface area contributed by atoms with Gasteiger partial charge in [-0.2, -0.15) is 0 Å². The highest BCUT2D eigenvalue weighted by atomic mass is 35.5. The fourth-order valence-electron chi connectivity index (χ4n) is 2.04. The highest BCUT2D eigenvalue weighted by molar-refractivity contribution is 6.31. The zero-order valence-corrected chi connectivity index (χ0v) is 12.0. The van der Waals surface area contributed by atoms with Crippen LogP contribution in [0.2, 0.25) is 10.0 Å². The molecule has 100 valence electrons. The molecule has 4 rings (SSSR count). The average Bonchev–Trinajstić information content (AvgIpc) is 3.06. The molecule has 0 spiro atoms. The molecule has 2 N–H and O–H groups in total. The van der Waals surface area contributed by atoms with Crippen LogP contribution in [0, 0.1) is 0 Å². The predicted molar refractivity (Wildman–Crippen MR) is 86.6 cm³/mol. The minimum Gasteiger partial charge on any atom is -0.361 e. The first-order valence-corrected chi connectivity index (χ1v) is 6.93. The van der Waals surface area contributed by atoms with E-state index in [9.17, 15) is 0 Å². The maximum Gasteiger partial charge on any atom is 0.0468 e. The summed E-state index contributed by atoms with van der Waals surface area (Å²) in [4.78, 5) is 6.16. The Hall–Kier alpha value is -1.90. The van der Waals surface area contributed by atoms with E-state index in [1.165, 1.54) is 5.39 Å². The molecule has 0 amide bonds. The summed E-state index contributed by atoms with van der Waals surface area (Å²) in [6.07, 6.45) is 3.81. The Bertz CT molecular complexity index is 774. The molecule has 0 aliphatic rings.